The van der Waals surface area contributed by atoms with Crippen LogP contribution in [0.1, 0.15) is 36.2 Å². The standard InChI is InChI=1S/C26H28N2O4/c1-15-7-16(2)13-28(12-15)23-6-5-17(11-27-23)24-20-10-22(31-4)21(30-3)9-18(20)8-19-14-32-26(29)25(19)24/h5-6,8-11,15-16H,7,12-14H2,1-4H3. The molecule has 0 spiro atoms. The van der Waals surface area contributed by atoms with Crippen molar-refractivity contribution in [2.75, 3.05) is 32.2 Å². The minimum Gasteiger partial charge on any atom is -0.493 e. The van der Waals surface area contributed by atoms with Crippen LogP contribution in [0.5, 0.6) is 11.5 Å². The molecule has 5 rings (SSSR count). The van der Waals surface area contributed by atoms with E-state index in [1.165, 1.54) is 6.42 Å². The molecule has 2 aliphatic heterocycles. The van der Waals surface area contributed by atoms with Gasteiger partial charge in [-0.1, -0.05) is 13.8 Å². The number of cyclic esters (lactones) is 1. The first kappa shape index (κ1) is 20.6. The number of benzene rings is 2. The summed E-state index contributed by atoms with van der Waals surface area (Å²) in [6.07, 6.45) is 3.13. The Labute approximate surface area is 188 Å². The van der Waals surface area contributed by atoms with Gasteiger partial charge in [-0.25, -0.2) is 9.78 Å². The predicted octanol–water partition coefficient (Wildman–Crippen LogP) is 5.07. The van der Waals surface area contributed by atoms with E-state index in [1.54, 1.807) is 14.2 Å². The van der Waals surface area contributed by atoms with E-state index in [1.807, 2.05) is 24.4 Å². The van der Waals surface area contributed by atoms with Gasteiger partial charge in [-0.3, -0.25) is 0 Å². The zero-order chi connectivity index (χ0) is 22.4. The van der Waals surface area contributed by atoms with Crippen molar-refractivity contribution < 1.29 is 19.0 Å². The molecular formula is C26H28N2O4. The van der Waals surface area contributed by atoms with Crippen molar-refractivity contribution in [2.45, 2.75) is 26.9 Å². The number of hydrogen-bond acceptors (Lipinski definition) is 6. The summed E-state index contributed by atoms with van der Waals surface area (Å²) in [6.45, 7) is 6.90. The zero-order valence-electron chi connectivity index (χ0n) is 19.0. The van der Waals surface area contributed by atoms with Crippen LogP contribution in [0.2, 0.25) is 0 Å². The first-order chi connectivity index (χ1) is 15.5. The Bertz CT molecular complexity index is 1180. The van der Waals surface area contributed by atoms with Gasteiger partial charge in [0.1, 0.15) is 12.4 Å². The third-order valence-electron chi connectivity index (χ3n) is 6.52. The van der Waals surface area contributed by atoms with Crippen molar-refractivity contribution in [3.05, 3.63) is 47.7 Å². The SMILES string of the molecule is COc1cc2cc3c(c(-c4ccc(N5CC(C)CC(C)C5)nc4)c2cc1OC)C(=O)OC3. The van der Waals surface area contributed by atoms with E-state index < -0.39 is 0 Å². The van der Waals surface area contributed by atoms with Gasteiger partial charge in [-0.05, 0) is 59.4 Å². The van der Waals surface area contributed by atoms with E-state index in [9.17, 15) is 4.79 Å². The second-order valence-electron chi connectivity index (χ2n) is 9.05. The van der Waals surface area contributed by atoms with Crippen LogP contribution < -0.4 is 14.4 Å². The lowest BCUT2D eigenvalue weighted by Gasteiger charge is -2.35. The third kappa shape index (κ3) is 3.44. The molecule has 6 heteroatoms. The highest BCUT2D eigenvalue weighted by Crippen LogP contribution is 2.42. The summed E-state index contributed by atoms with van der Waals surface area (Å²) in [7, 11) is 3.23. The summed E-state index contributed by atoms with van der Waals surface area (Å²) in [5.74, 6) is 3.25. The molecule has 0 N–H and O–H groups in total. The number of ether oxygens (including phenoxy) is 3. The molecule has 2 aromatic carbocycles. The molecule has 32 heavy (non-hydrogen) atoms. The highest BCUT2D eigenvalue weighted by molar-refractivity contribution is 6.11. The van der Waals surface area contributed by atoms with Crippen LogP contribution in [0.25, 0.3) is 21.9 Å². The third-order valence-corrected chi connectivity index (χ3v) is 6.52. The van der Waals surface area contributed by atoms with Crippen molar-refractivity contribution >= 4 is 22.6 Å². The van der Waals surface area contributed by atoms with E-state index in [-0.39, 0.29) is 12.6 Å². The molecule has 1 fully saturated rings. The van der Waals surface area contributed by atoms with E-state index in [4.69, 9.17) is 19.2 Å². The van der Waals surface area contributed by atoms with Crippen LogP contribution in [0.3, 0.4) is 0 Å². The van der Waals surface area contributed by atoms with Gasteiger partial charge in [0.15, 0.2) is 11.5 Å². The number of esters is 1. The molecule has 0 saturated carbocycles. The number of piperidine rings is 1. The predicted molar refractivity (Wildman–Crippen MR) is 125 cm³/mol. The smallest absolute Gasteiger partial charge is 0.339 e. The van der Waals surface area contributed by atoms with Gasteiger partial charge >= 0.3 is 5.97 Å². The molecule has 3 heterocycles. The molecule has 6 nitrogen and oxygen atoms in total. The molecule has 2 aliphatic rings. The molecule has 3 aromatic rings. The fourth-order valence-electron chi connectivity index (χ4n) is 5.22. The Balaban J connectivity index is 1.64. The number of nitrogens with zero attached hydrogens (tertiary/aromatic N) is 2. The summed E-state index contributed by atoms with van der Waals surface area (Å²) in [4.78, 5) is 19.8. The van der Waals surface area contributed by atoms with Crippen molar-refractivity contribution in [1.82, 2.24) is 4.98 Å². The van der Waals surface area contributed by atoms with Crippen LogP contribution in [0.15, 0.2) is 36.5 Å². The van der Waals surface area contributed by atoms with Crippen LogP contribution in [-0.2, 0) is 11.3 Å². The molecule has 166 valence electrons. The number of rotatable bonds is 4. The van der Waals surface area contributed by atoms with Crippen LogP contribution in [0, 0.1) is 11.8 Å². The van der Waals surface area contributed by atoms with Gasteiger partial charge in [0, 0.05) is 36.0 Å². The van der Waals surface area contributed by atoms with Gasteiger partial charge in [0.2, 0.25) is 0 Å². The minimum atomic E-state index is -0.297. The highest BCUT2D eigenvalue weighted by Gasteiger charge is 2.29. The van der Waals surface area contributed by atoms with Gasteiger partial charge in [0.05, 0.1) is 19.8 Å². The number of carbonyl (C=O) groups excluding carboxylic acids is 1. The van der Waals surface area contributed by atoms with E-state index in [0.717, 1.165) is 46.4 Å². The van der Waals surface area contributed by atoms with E-state index in [2.05, 4.69) is 30.9 Å². The maximum Gasteiger partial charge on any atom is 0.339 e. The Kier molecular flexibility index (Phi) is 5.16. The van der Waals surface area contributed by atoms with Crippen LogP contribution >= 0.6 is 0 Å². The maximum atomic E-state index is 12.7. The molecule has 0 amide bonds. The Morgan fingerprint density at radius 3 is 2.38 bits per heavy atom. The second kappa shape index (κ2) is 8.01. The normalized spacial score (nSPS) is 20.2. The molecular weight excluding hydrogens is 404 g/mol. The van der Waals surface area contributed by atoms with Crippen molar-refractivity contribution in [3.63, 3.8) is 0 Å². The fourth-order valence-corrected chi connectivity index (χ4v) is 5.22. The number of aromatic nitrogens is 1. The summed E-state index contributed by atoms with van der Waals surface area (Å²) < 4.78 is 16.4. The molecule has 0 bridgehead atoms. The maximum absolute atomic E-state index is 12.7. The molecule has 0 aliphatic carbocycles. The number of pyridine rings is 1. The second-order valence-corrected chi connectivity index (χ2v) is 9.05. The lowest BCUT2D eigenvalue weighted by atomic mass is 9.90. The quantitative estimate of drug-likeness (QED) is 0.537. The van der Waals surface area contributed by atoms with E-state index >= 15 is 0 Å². The first-order valence-electron chi connectivity index (χ1n) is 11.1. The monoisotopic (exact) mass is 432 g/mol. The molecule has 2 atom stereocenters. The molecule has 0 radical (unpaired) electrons. The van der Waals surface area contributed by atoms with Gasteiger partial charge in [-0.15, -0.1) is 0 Å². The molecule has 2 unspecified atom stereocenters. The number of anilines is 1. The Morgan fingerprint density at radius 1 is 1.00 bits per heavy atom. The average molecular weight is 433 g/mol. The van der Waals surface area contributed by atoms with Crippen LogP contribution in [0.4, 0.5) is 5.82 Å². The number of hydrogen-bond donors (Lipinski definition) is 0. The zero-order valence-corrected chi connectivity index (χ0v) is 19.0. The fraction of sp³-hybridized carbons (Fsp3) is 0.385. The molecule has 1 saturated heterocycles. The average Bonchev–Trinajstić information content (AvgIpc) is 3.16. The van der Waals surface area contributed by atoms with Crippen molar-refractivity contribution in [3.8, 4) is 22.6 Å². The van der Waals surface area contributed by atoms with Gasteiger partial charge < -0.3 is 19.1 Å². The summed E-state index contributed by atoms with van der Waals surface area (Å²) in [5.41, 5.74) is 3.21. The lowest BCUT2D eigenvalue weighted by Crippen LogP contribution is -2.39. The van der Waals surface area contributed by atoms with Crippen molar-refractivity contribution in [2.24, 2.45) is 11.8 Å². The first-order valence-corrected chi connectivity index (χ1v) is 11.1. The molecule has 1 aromatic heterocycles. The Hall–Kier alpha value is -3.28. The topological polar surface area (TPSA) is 60.9 Å². The summed E-state index contributed by atoms with van der Waals surface area (Å²) in [6, 6.07) is 9.99. The number of methoxy groups -OCH3 is 2. The Morgan fingerprint density at radius 2 is 1.72 bits per heavy atom. The van der Waals surface area contributed by atoms with E-state index in [0.29, 0.717) is 28.9 Å². The van der Waals surface area contributed by atoms with Crippen molar-refractivity contribution in [1.29, 1.82) is 0 Å². The summed E-state index contributed by atoms with van der Waals surface area (Å²) >= 11 is 0. The summed E-state index contributed by atoms with van der Waals surface area (Å²) in [5, 5.41) is 1.88. The number of fused-ring (bicyclic) bond motifs is 2. The van der Waals surface area contributed by atoms with Gasteiger partial charge in [0.25, 0.3) is 0 Å². The van der Waals surface area contributed by atoms with Gasteiger partial charge in [-0.2, -0.15) is 0 Å². The largest absolute Gasteiger partial charge is 0.493 e. The van der Waals surface area contributed by atoms with Crippen LogP contribution in [-0.4, -0.2) is 38.3 Å². The number of carbonyl (C=O) groups is 1. The lowest BCUT2D eigenvalue weighted by molar-refractivity contribution is 0.0535. The minimum absolute atomic E-state index is 0.278. The highest BCUT2D eigenvalue weighted by atomic mass is 16.5.